The van der Waals surface area contributed by atoms with Gasteiger partial charge in [-0.2, -0.15) is 9.43 Å². The van der Waals surface area contributed by atoms with E-state index in [2.05, 4.69) is 15.0 Å². The molecule has 2 rings (SSSR count). The van der Waals surface area contributed by atoms with E-state index in [9.17, 15) is 4.79 Å². The SMILES string of the molecule is COOSc1ncnn1CC(=O)CCc1ccccc1. The van der Waals surface area contributed by atoms with Crippen molar-refractivity contribution in [3.63, 3.8) is 0 Å². The van der Waals surface area contributed by atoms with Gasteiger partial charge in [0, 0.05) is 6.42 Å². The number of benzene rings is 1. The second-order valence-electron chi connectivity index (χ2n) is 4.04. The summed E-state index contributed by atoms with van der Waals surface area (Å²) < 4.78 is 6.21. The molecule has 0 fully saturated rings. The molecule has 0 saturated carbocycles. The van der Waals surface area contributed by atoms with Crippen molar-refractivity contribution in [2.75, 3.05) is 7.11 Å². The number of nitrogens with zero attached hydrogens (tertiary/aromatic N) is 3. The number of aromatic nitrogens is 3. The summed E-state index contributed by atoms with van der Waals surface area (Å²) in [5.41, 5.74) is 1.15. The highest BCUT2D eigenvalue weighted by Gasteiger charge is 2.10. The van der Waals surface area contributed by atoms with E-state index in [1.54, 1.807) is 0 Å². The average Bonchev–Trinajstić information content (AvgIpc) is 2.91. The van der Waals surface area contributed by atoms with Crippen LogP contribution in [0.25, 0.3) is 0 Å². The van der Waals surface area contributed by atoms with Gasteiger partial charge in [-0.05, 0) is 12.0 Å². The van der Waals surface area contributed by atoms with Crippen LogP contribution in [-0.2, 0) is 27.0 Å². The largest absolute Gasteiger partial charge is 0.298 e. The van der Waals surface area contributed by atoms with E-state index >= 15 is 0 Å². The van der Waals surface area contributed by atoms with Gasteiger partial charge in [-0.1, -0.05) is 30.3 Å². The number of rotatable bonds is 8. The van der Waals surface area contributed by atoms with Crippen LogP contribution < -0.4 is 0 Å². The van der Waals surface area contributed by atoms with Crippen molar-refractivity contribution in [3.8, 4) is 0 Å². The summed E-state index contributed by atoms with van der Waals surface area (Å²) in [5, 5.41) is 4.48. The zero-order valence-electron chi connectivity index (χ0n) is 11.1. The number of ketones is 1. The van der Waals surface area contributed by atoms with Gasteiger partial charge in [0.15, 0.2) is 5.78 Å². The Morgan fingerprint density at radius 3 is 2.90 bits per heavy atom. The minimum absolute atomic E-state index is 0.0959. The molecular weight excluding hydrogens is 278 g/mol. The fourth-order valence-electron chi connectivity index (χ4n) is 1.67. The molecule has 20 heavy (non-hydrogen) atoms. The predicted octanol–water partition coefficient (Wildman–Crippen LogP) is 2.07. The van der Waals surface area contributed by atoms with E-state index in [4.69, 9.17) is 4.33 Å². The maximum atomic E-state index is 11.9. The maximum Gasteiger partial charge on any atom is 0.217 e. The van der Waals surface area contributed by atoms with Gasteiger partial charge in [0.25, 0.3) is 0 Å². The molecule has 0 unspecified atom stereocenters. The van der Waals surface area contributed by atoms with E-state index in [1.165, 1.54) is 18.1 Å². The Morgan fingerprint density at radius 2 is 2.15 bits per heavy atom. The molecule has 6 nitrogen and oxygen atoms in total. The predicted molar refractivity (Wildman–Crippen MR) is 73.7 cm³/mol. The Kier molecular flexibility index (Phi) is 5.72. The molecule has 7 heteroatoms. The summed E-state index contributed by atoms with van der Waals surface area (Å²) in [6, 6.07) is 9.91. The van der Waals surface area contributed by atoms with Crippen LogP contribution in [0.15, 0.2) is 41.8 Å². The van der Waals surface area contributed by atoms with E-state index in [-0.39, 0.29) is 12.3 Å². The lowest BCUT2D eigenvalue weighted by Crippen LogP contribution is -2.13. The Hall–Kier alpha value is -1.70. The lowest BCUT2D eigenvalue weighted by molar-refractivity contribution is -0.160. The average molecular weight is 293 g/mol. The number of hydrogen-bond acceptors (Lipinski definition) is 6. The molecule has 0 bridgehead atoms. The third-order valence-electron chi connectivity index (χ3n) is 2.62. The van der Waals surface area contributed by atoms with Crippen molar-refractivity contribution in [3.05, 3.63) is 42.2 Å². The van der Waals surface area contributed by atoms with Crippen LogP contribution in [0, 0.1) is 0 Å². The Bertz CT molecular complexity index is 545. The zero-order valence-corrected chi connectivity index (χ0v) is 11.9. The number of carbonyl (C=O) groups excluding carboxylic acids is 1. The molecule has 106 valence electrons. The van der Waals surface area contributed by atoms with Crippen LogP contribution in [0.5, 0.6) is 0 Å². The number of hydrogen-bond donors (Lipinski definition) is 0. The molecular formula is C13H15N3O3S. The first kappa shape index (κ1) is 14.7. The lowest BCUT2D eigenvalue weighted by atomic mass is 10.1. The molecule has 0 amide bonds. The van der Waals surface area contributed by atoms with E-state index in [0.29, 0.717) is 11.6 Å². The van der Waals surface area contributed by atoms with E-state index in [0.717, 1.165) is 24.0 Å². The Balaban J connectivity index is 1.84. The molecule has 0 aliphatic heterocycles. The minimum atomic E-state index is 0.0959. The topological polar surface area (TPSA) is 66.2 Å². The standard InChI is InChI=1S/C13H15N3O3S/c1-18-19-20-13-14-10-15-16(13)9-12(17)8-7-11-5-3-2-4-6-11/h2-6,10H,7-9H2,1H3. The molecule has 0 radical (unpaired) electrons. The highest BCUT2D eigenvalue weighted by Crippen LogP contribution is 2.15. The van der Waals surface area contributed by atoms with Crippen molar-refractivity contribution in [1.82, 2.24) is 14.8 Å². The first-order chi connectivity index (χ1) is 9.79. The zero-order chi connectivity index (χ0) is 14.2. The summed E-state index contributed by atoms with van der Waals surface area (Å²) in [7, 11) is 1.40. The minimum Gasteiger partial charge on any atom is -0.298 e. The summed E-state index contributed by atoms with van der Waals surface area (Å²) in [5.74, 6) is 0.0959. The first-order valence-electron chi connectivity index (χ1n) is 6.10. The maximum absolute atomic E-state index is 11.9. The third kappa shape index (κ3) is 4.44. The van der Waals surface area contributed by atoms with Crippen molar-refractivity contribution in [1.29, 1.82) is 0 Å². The molecule has 0 spiro atoms. The second kappa shape index (κ2) is 7.78. The van der Waals surface area contributed by atoms with Crippen molar-refractivity contribution in [2.24, 2.45) is 0 Å². The van der Waals surface area contributed by atoms with Crippen LogP contribution in [0.4, 0.5) is 0 Å². The fourth-order valence-corrected chi connectivity index (χ4v) is 2.08. The second-order valence-corrected chi connectivity index (χ2v) is 4.71. The fraction of sp³-hybridized carbons (Fsp3) is 0.308. The molecule has 0 aliphatic rings. The van der Waals surface area contributed by atoms with Crippen LogP contribution in [0.1, 0.15) is 12.0 Å². The molecule has 1 aromatic heterocycles. The summed E-state index contributed by atoms with van der Waals surface area (Å²) in [4.78, 5) is 20.4. The Morgan fingerprint density at radius 1 is 1.35 bits per heavy atom. The van der Waals surface area contributed by atoms with Gasteiger partial charge in [-0.3, -0.25) is 4.79 Å². The van der Waals surface area contributed by atoms with Gasteiger partial charge in [-0.15, -0.1) is 0 Å². The third-order valence-corrected chi connectivity index (χ3v) is 3.29. The molecule has 0 saturated heterocycles. The highest BCUT2D eigenvalue weighted by molar-refractivity contribution is 7.94. The molecule has 1 heterocycles. The van der Waals surface area contributed by atoms with Crippen molar-refractivity contribution >= 4 is 17.8 Å². The van der Waals surface area contributed by atoms with Gasteiger partial charge in [-0.25, -0.2) is 14.6 Å². The van der Waals surface area contributed by atoms with E-state index < -0.39 is 0 Å². The monoisotopic (exact) mass is 293 g/mol. The van der Waals surface area contributed by atoms with Crippen LogP contribution in [0.2, 0.25) is 0 Å². The van der Waals surface area contributed by atoms with Gasteiger partial charge >= 0.3 is 0 Å². The molecule has 0 aliphatic carbocycles. The molecule has 0 atom stereocenters. The van der Waals surface area contributed by atoms with Crippen molar-refractivity contribution in [2.45, 2.75) is 24.5 Å². The quantitative estimate of drug-likeness (QED) is 0.422. The van der Waals surface area contributed by atoms with Crippen LogP contribution in [-0.4, -0.2) is 27.7 Å². The van der Waals surface area contributed by atoms with Crippen LogP contribution in [0.3, 0.4) is 0 Å². The van der Waals surface area contributed by atoms with Gasteiger partial charge in [0.05, 0.1) is 7.11 Å². The van der Waals surface area contributed by atoms with Crippen molar-refractivity contribution < 1.29 is 14.0 Å². The van der Waals surface area contributed by atoms with Gasteiger partial charge < -0.3 is 0 Å². The van der Waals surface area contributed by atoms with Gasteiger partial charge in [0.1, 0.15) is 24.9 Å². The molecule has 0 N–H and O–H groups in total. The van der Waals surface area contributed by atoms with Gasteiger partial charge in [0.2, 0.25) is 5.16 Å². The summed E-state index contributed by atoms with van der Waals surface area (Å²) in [6.45, 7) is 0.183. The highest BCUT2D eigenvalue weighted by atomic mass is 32.2. The number of carbonyl (C=O) groups is 1. The molecule has 1 aromatic carbocycles. The summed E-state index contributed by atoms with van der Waals surface area (Å²) in [6.07, 6.45) is 2.58. The number of Topliss-reactive ketones (excluding diaryl/α,β-unsaturated/α-hetero) is 1. The smallest absolute Gasteiger partial charge is 0.217 e. The normalized spacial score (nSPS) is 10.7. The molecule has 2 aromatic rings. The van der Waals surface area contributed by atoms with Crippen LogP contribution >= 0.6 is 12.0 Å². The van der Waals surface area contributed by atoms with E-state index in [1.807, 2.05) is 30.3 Å². The number of aryl methyl sites for hydroxylation is 1. The first-order valence-corrected chi connectivity index (χ1v) is 6.84. The lowest BCUT2D eigenvalue weighted by Gasteiger charge is -2.04. The summed E-state index contributed by atoms with van der Waals surface area (Å²) >= 11 is 0.925. The Labute approximate surface area is 121 Å².